The third-order valence-electron chi connectivity index (χ3n) is 7.97. The molecule has 0 radical (unpaired) electrons. The number of carboxylic acids is 1. The van der Waals surface area contributed by atoms with Crippen LogP contribution in [0.3, 0.4) is 0 Å². The number of hydrogen-bond acceptors (Lipinski definition) is 4. The lowest BCUT2D eigenvalue weighted by Crippen LogP contribution is -2.46. The Bertz CT molecular complexity index is 1450. The van der Waals surface area contributed by atoms with E-state index in [2.05, 4.69) is 11.0 Å². The lowest BCUT2D eigenvalue weighted by molar-refractivity contribution is -0.000983. The van der Waals surface area contributed by atoms with Gasteiger partial charge in [0.25, 0.3) is 0 Å². The Labute approximate surface area is 229 Å². The average molecular weight is 553 g/mol. The summed E-state index contributed by atoms with van der Waals surface area (Å²) < 4.78 is 34.0. The van der Waals surface area contributed by atoms with Crippen molar-refractivity contribution in [3.8, 4) is 11.1 Å². The van der Waals surface area contributed by atoms with E-state index < -0.39 is 29.3 Å². The zero-order chi connectivity index (χ0) is 27.3. The normalized spacial score (nSPS) is 18.9. The van der Waals surface area contributed by atoms with E-state index in [1.165, 1.54) is 24.3 Å². The Kier molecular flexibility index (Phi) is 6.55. The predicted molar refractivity (Wildman–Crippen MR) is 143 cm³/mol. The topological polar surface area (TPSA) is 70.1 Å². The van der Waals surface area contributed by atoms with Crippen LogP contribution in [-0.4, -0.2) is 47.3 Å². The fraction of sp³-hybridized carbons (Fsp3) is 0.333. The van der Waals surface area contributed by atoms with E-state index in [4.69, 9.17) is 21.4 Å². The average Bonchev–Trinajstić information content (AvgIpc) is 3.70. The van der Waals surface area contributed by atoms with E-state index in [9.17, 15) is 18.4 Å². The van der Waals surface area contributed by atoms with Gasteiger partial charge in [0.1, 0.15) is 17.2 Å². The molecule has 39 heavy (non-hydrogen) atoms. The van der Waals surface area contributed by atoms with Crippen molar-refractivity contribution in [2.75, 3.05) is 24.5 Å². The highest BCUT2D eigenvalue weighted by Gasteiger charge is 2.47. The number of anilines is 1. The molecule has 3 aromatic rings. The van der Waals surface area contributed by atoms with Gasteiger partial charge in [0.15, 0.2) is 0 Å². The van der Waals surface area contributed by atoms with Gasteiger partial charge < -0.3 is 9.84 Å². The number of carboxylic acid groups (broad SMARTS) is 1. The highest BCUT2D eigenvalue weighted by molar-refractivity contribution is 6.33. The van der Waals surface area contributed by atoms with Gasteiger partial charge >= 0.3 is 12.1 Å². The largest absolute Gasteiger partial charge is 0.478 e. The number of piperidine rings is 1. The molecule has 1 amide bonds. The van der Waals surface area contributed by atoms with Crippen molar-refractivity contribution < 1.29 is 28.2 Å². The van der Waals surface area contributed by atoms with Crippen molar-refractivity contribution >= 4 is 29.4 Å². The molecule has 1 spiro atoms. The molecule has 9 heteroatoms. The van der Waals surface area contributed by atoms with E-state index in [-0.39, 0.29) is 5.56 Å². The number of halogens is 3. The first kappa shape index (κ1) is 25.8. The van der Waals surface area contributed by atoms with Crippen LogP contribution in [0.25, 0.3) is 11.1 Å². The Morgan fingerprint density at radius 3 is 2.41 bits per heavy atom. The number of carbonyl (C=O) groups excluding carboxylic acids is 1. The zero-order valence-corrected chi connectivity index (χ0v) is 21.9. The van der Waals surface area contributed by atoms with Crippen molar-refractivity contribution in [3.05, 3.63) is 87.9 Å². The summed E-state index contributed by atoms with van der Waals surface area (Å²) in [6.45, 7) is 2.53. The molecule has 3 aliphatic rings. The number of benzene rings is 3. The third-order valence-corrected chi connectivity index (χ3v) is 8.27. The van der Waals surface area contributed by atoms with Gasteiger partial charge in [-0.3, -0.25) is 9.80 Å². The molecule has 1 aliphatic carbocycles. The van der Waals surface area contributed by atoms with Gasteiger partial charge in [-0.15, -0.1) is 0 Å². The molecule has 2 aliphatic heterocycles. The molecule has 6 nitrogen and oxygen atoms in total. The lowest BCUT2D eigenvalue weighted by atomic mass is 9.90. The van der Waals surface area contributed by atoms with Gasteiger partial charge in [-0.05, 0) is 72.4 Å². The van der Waals surface area contributed by atoms with Gasteiger partial charge in [0.2, 0.25) is 0 Å². The molecule has 2 heterocycles. The summed E-state index contributed by atoms with van der Waals surface area (Å²) in [5, 5.41) is 9.58. The fourth-order valence-electron chi connectivity index (χ4n) is 5.71. The molecule has 3 aromatic carbocycles. The van der Waals surface area contributed by atoms with Crippen LogP contribution in [-0.2, 0) is 11.3 Å². The molecule has 2 saturated heterocycles. The summed E-state index contributed by atoms with van der Waals surface area (Å²) in [5.74, 6) is -1.94. The molecule has 0 bridgehead atoms. The van der Waals surface area contributed by atoms with Gasteiger partial charge in [-0.1, -0.05) is 17.7 Å². The summed E-state index contributed by atoms with van der Waals surface area (Å²) in [5.41, 5.74) is 3.20. The number of ether oxygens (including phenoxy) is 1. The highest BCUT2D eigenvalue weighted by atomic mass is 35.5. The smallest absolute Gasteiger partial charge is 0.415 e. The number of nitrogens with zero attached hydrogens (tertiary/aromatic N) is 2. The van der Waals surface area contributed by atoms with Crippen LogP contribution < -0.4 is 4.90 Å². The lowest BCUT2D eigenvalue weighted by Gasteiger charge is -2.37. The molecule has 6 rings (SSSR count). The maximum atomic E-state index is 14.6. The molecule has 0 atom stereocenters. The molecule has 1 N–H and O–H groups in total. The Balaban J connectivity index is 1.15. The standard InChI is InChI=1S/C30H27ClF2N2O4/c31-25-14-18(13-24(19-1-2-19)27(25)23-8-5-21(32)15-26(23)33)16-34-11-9-30(10-12-34)17-35(29(38)39-30)22-6-3-20(4-7-22)28(36)37/h3-8,13-15,19H,1-2,9-12,16-17H2,(H,36,37). The van der Waals surface area contributed by atoms with Crippen LogP contribution in [0.5, 0.6) is 0 Å². The molecule has 0 aromatic heterocycles. The first-order valence-corrected chi connectivity index (χ1v) is 13.4. The van der Waals surface area contributed by atoms with Crippen LogP contribution in [0.2, 0.25) is 5.02 Å². The minimum atomic E-state index is -1.02. The summed E-state index contributed by atoms with van der Waals surface area (Å²) in [4.78, 5) is 27.7. The Hall–Kier alpha value is -3.49. The SMILES string of the molecule is O=C(O)c1ccc(N2CC3(CCN(Cc4cc(Cl)c(-c5ccc(F)cc5F)c(C5CC5)c4)CC3)OC2=O)cc1. The highest BCUT2D eigenvalue weighted by Crippen LogP contribution is 2.48. The number of carbonyl (C=O) groups is 2. The van der Waals surface area contributed by atoms with Crippen molar-refractivity contribution in [1.29, 1.82) is 0 Å². The first-order chi connectivity index (χ1) is 18.7. The molecule has 202 valence electrons. The minimum absolute atomic E-state index is 0.162. The maximum Gasteiger partial charge on any atom is 0.415 e. The summed E-state index contributed by atoms with van der Waals surface area (Å²) in [6.07, 6.45) is 2.96. The Morgan fingerprint density at radius 1 is 1.05 bits per heavy atom. The van der Waals surface area contributed by atoms with Crippen LogP contribution in [0, 0.1) is 11.6 Å². The molecular formula is C30H27ClF2N2O4. The molecular weight excluding hydrogens is 526 g/mol. The number of aromatic carboxylic acids is 1. The Morgan fingerprint density at radius 2 is 1.77 bits per heavy atom. The second-order valence-electron chi connectivity index (χ2n) is 10.7. The minimum Gasteiger partial charge on any atom is -0.478 e. The fourth-order valence-corrected chi connectivity index (χ4v) is 6.06. The van der Waals surface area contributed by atoms with Crippen LogP contribution in [0.1, 0.15) is 53.1 Å². The van der Waals surface area contributed by atoms with E-state index in [1.54, 1.807) is 17.0 Å². The second-order valence-corrected chi connectivity index (χ2v) is 11.1. The quantitative estimate of drug-likeness (QED) is 0.362. The van der Waals surface area contributed by atoms with Crippen molar-refractivity contribution in [1.82, 2.24) is 4.90 Å². The van der Waals surface area contributed by atoms with Gasteiger partial charge in [0, 0.05) is 60.4 Å². The number of rotatable bonds is 6. The summed E-state index contributed by atoms with van der Waals surface area (Å²) in [7, 11) is 0. The third kappa shape index (κ3) is 5.11. The van der Waals surface area contributed by atoms with E-state index in [0.717, 1.165) is 43.1 Å². The van der Waals surface area contributed by atoms with E-state index in [0.29, 0.717) is 53.7 Å². The van der Waals surface area contributed by atoms with Gasteiger partial charge in [-0.25, -0.2) is 18.4 Å². The van der Waals surface area contributed by atoms with Crippen LogP contribution in [0.15, 0.2) is 54.6 Å². The van der Waals surface area contributed by atoms with Gasteiger partial charge in [0.05, 0.1) is 12.1 Å². The number of likely N-dealkylation sites (tertiary alicyclic amines) is 1. The van der Waals surface area contributed by atoms with Crippen LogP contribution in [0.4, 0.5) is 19.3 Å². The second kappa shape index (κ2) is 9.92. The predicted octanol–water partition coefficient (Wildman–Crippen LogP) is 6.85. The summed E-state index contributed by atoms with van der Waals surface area (Å²) in [6, 6.07) is 13.8. The van der Waals surface area contributed by atoms with Crippen molar-refractivity contribution in [3.63, 3.8) is 0 Å². The van der Waals surface area contributed by atoms with Crippen molar-refractivity contribution in [2.24, 2.45) is 0 Å². The number of hydrogen-bond donors (Lipinski definition) is 1. The van der Waals surface area contributed by atoms with Gasteiger partial charge in [-0.2, -0.15) is 0 Å². The first-order valence-electron chi connectivity index (χ1n) is 13.1. The van der Waals surface area contributed by atoms with Crippen LogP contribution >= 0.6 is 11.6 Å². The van der Waals surface area contributed by atoms with Crippen molar-refractivity contribution in [2.45, 2.75) is 43.7 Å². The van der Waals surface area contributed by atoms with E-state index >= 15 is 0 Å². The molecule has 0 unspecified atom stereocenters. The maximum absolute atomic E-state index is 14.6. The molecule has 3 fully saturated rings. The zero-order valence-electron chi connectivity index (χ0n) is 21.1. The monoisotopic (exact) mass is 552 g/mol. The summed E-state index contributed by atoms with van der Waals surface area (Å²) >= 11 is 6.71. The number of amides is 1. The molecule has 1 saturated carbocycles. The van der Waals surface area contributed by atoms with E-state index in [1.807, 2.05) is 6.07 Å².